The first kappa shape index (κ1) is 15.6. The maximum atomic E-state index is 13.6. The molecule has 0 saturated carbocycles. The summed E-state index contributed by atoms with van der Waals surface area (Å²) in [4.78, 5) is -0.354. The zero-order valence-corrected chi connectivity index (χ0v) is 11.7. The van der Waals surface area contributed by atoms with Gasteiger partial charge in [0.05, 0.1) is 5.84 Å². The van der Waals surface area contributed by atoms with Gasteiger partial charge in [0, 0.05) is 19.0 Å². The molecule has 0 heterocycles. The zero-order valence-electron chi connectivity index (χ0n) is 10.9. The molecule has 0 saturated heterocycles. The summed E-state index contributed by atoms with van der Waals surface area (Å²) < 4.78 is 39.5. The van der Waals surface area contributed by atoms with E-state index in [0.29, 0.717) is 0 Å². The SMILES string of the molecule is CC(C)N(CCC(=N)N)S(=O)(=O)c1ccccc1F. The van der Waals surface area contributed by atoms with E-state index in [9.17, 15) is 12.8 Å². The lowest BCUT2D eigenvalue weighted by molar-refractivity contribution is 0.359. The minimum atomic E-state index is -3.92. The Kier molecular flexibility index (Phi) is 5.02. The van der Waals surface area contributed by atoms with Gasteiger partial charge >= 0.3 is 0 Å². The van der Waals surface area contributed by atoms with E-state index in [1.54, 1.807) is 13.8 Å². The fourth-order valence-corrected chi connectivity index (χ4v) is 3.37. The van der Waals surface area contributed by atoms with Gasteiger partial charge in [0.2, 0.25) is 10.0 Å². The van der Waals surface area contributed by atoms with Gasteiger partial charge in [-0.1, -0.05) is 12.1 Å². The van der Waals surface area contributed by atoms with Crippen molar-refractivity contribution in [2.75, 3.05) is 6.54 Å². The Morgan fingerprint density at radius 1 is 1.42 bits per heavy atom. The fraction of sp³-hybridized carbons (Fsp3) is 0.417. The first-order valence-corrected chi connectivity index (χ1v) is 7.30. The Balaban J connectivity index is 3.14. The molecule has 1 rings (SSSR count). The molecule has 0 aliphatic carbocycles. The predicted octanol–water partition coefficient (Wildman–Crippen LogP) is 1.55. The van der Waals surface area contributed by atoms with Crippen LogP contribution in [0, 0.1) is 11.2 Å². The van der Waals surface area contributed by atoms with Gasteiger partial charge in [-0.05, 0) is 26.0 Å². The molecular weight excluding hydrogens is 269 g/mol. The normalized spacial score (nSPS) is 12.1. The Morgan fingerprint density at radius 2 is 2.00 bits per heavy atom. The fourth-order valence-electron chi connectivity index (χ4n) is 1.67. The molecule has 0 fully saturated rings. The van der Waals surface area contributed by atoms with E-state index in [1.165, 1.54) is 18.2 Å². The van der Waals surface area contributed by atoms with Crippen molar-refractivity contribution in [2.24, 2.45) is 5.73 Å². The van der Waals surface area contributed by atoms with Crippen LogP contribution < -0.4 is 5.73 Å². The molecule has 0 bridgehead atoms. The lowest BCUT2D eigenvalue weighted by Crippen LogP contribution is -2.39. The number of hydrogen-bond acceptors (Lipinski definition) is 3. The summed E-state index contributed by atoms with van der Waals surface area (Å²) in [6.07, 6.45) is 0.117. The third-order valence-electron chi connectivity index (χ3n) is 2.60. The average Bonchev–Trinajstić information content (AvgIpc) is 2.28. The average molecular weight is 287 g/mol. The third-order valence-corrected chi connectivity index (χ3v) is 4.71. The van der Waals surface area contributed by atoms with Gasteiger partial charge in [-0.2, -0.15) is 4.31 Å². The zero-order chi connectivity index (χ0) is 14.6. The van der Waals surface area contributed by atoms with Crippen LogP contribution in [0.3, 0.4) is 0 Å². The second-order valence-corrected chi connectivity index (χ2v) is 6.27. The number of sulfonamides is 1. The second kappa shape index (κ2) is 6.12. The van der Waals surface area contributed by atoms with Crippen molar-refractivity contribution in [2.45, 2.75) is 31.2 Å². The van der Waals surface area contributed by atoms with Gasteiger partial charge in [-0.3, -0.25) is 5.41 Å². The molecule has 19 heavy (non-hydrogen) atoms. The van der Waals surface area contributed by atoms with Gasteiger partial charge in [-0.15, -0.1) is 0 Å². The largest absolute Gasteiger partial charge is 0.388 e. The monoisotopic (exact) mass is 287 g/mol. The summed E-state index contributed by atoms with van der Waals surface area (Å²) in [7, 11) is -3.92. The summed E-state index contributed by atoms with van der Waals surface area (Å²) in [6.45, 7) is 3.45. The molecule has 106 valence electrons. The first-order valence-electron chi connectivity index (χ1n) is 5.86. The van der Waals surface area contributed by atoms with Crippen LogP contribution in [0.25, 0.3) is 0 Å². The Labute approximate surface area is 112 Å². The maximum absolute atomic E-state index is 13.6. The number of halogens is 1. The topological polar surface area (TPSA) is 87.2 Å². The quantitative estimate of drug-likeness (QED) is 0.614. The van der Waals surface area contributed by atoms with E-state index in [2.05, 4.69) is 0 Å². The molecule has 0 aromatic heterocycles. The van der Waals surface area contributed by atoms with E-state index in [0.717, 1.165) is 10.4 Å². The highest BCUT2D eigenvalue weighted by atomic mass is 32.2. The Bertz CT molecular complexity index is 558. The number of rotatable bonds is 6. The van der Waals surface area contributed by atoms with Crippen LogP contribution in [0.4, 0.5) is 4.39 Å². The van der Waals surface area contributed by atoms with Gasteiger partial charge in [0.15, 0.2) is 0 Å². The molecule has 5 nitrogen and oxygen atoms in total. The highest BCUT2D eigenvalue weighted by Gasteiger charge is 2.29. The third kappa shape index (κ3) is 3.74. The lowest BCUT2D eigenvalue weighted by atomic mass is 10.3. The number of nitrogens with zero attached hydrogens (tertiary/aromatic N) is 1. The minimum Gasteiger partial charge on any atom is -0.388 e. The molecule has 7 heteroatoms. The van der Waals surface area contributed by atoms with Crippen LogP contribution in [-0.4, -0.2) is 31.1 Å². The van der Waals surface area contributed by atoms with Crippen molar-refractivity contribution in [1.82, 2.24) is 4.31 Å². The van der Waals surface area contributed by atoms with Crippen molar-refractivity contribution in [1.29, 1.82) is 5.41 Å². The number of hydrogen-bond donors (Lipinski definition) is 2. The van der Waals surface area contributed by atoms with Gasteiger partial charge < -0.3 is 5.73 Å². The van der Waals surface area contributed by atoms with E-state index >= 15 is 0 Å². The van der Waals surface area contributed by atoms with Crippen LogP contribution in [0.15, 0.2) is 29.2 Å². The van der Waals surface area contributed by atoms with Crippen LogP contribution in [0.1, 0.15) is 20.3 Å². The Morgan fingerprint density at radius 3 is 2.47 bits per heavy atom. The molecule has 0 spiro atoms. The molecule has 0 aliphatic rings. The molecule has 0 aliphatic heterocycles. The number of benzene rings is 1. The summed E-state index contributed by atoms with van der Waals surface area (Å²) in [5.41, 5.74) is 5.24. The summed E-state index contributed by atoms with van der Waals surface area (Å²) in [6, 6.07) is 4.90. The van der Waals surface area contributed by atoms with Crippen molar-refractivity contribution in [3.8, 4) is 0 Å². The van der Waals surface area contributed by atoms with Crippen molar-refractivity contribution in [3.63, 3.8) is 0 Å². The van der Waals surface area contributed by atoms with Gasteiger partial charge in [-0.25, -0.2) is 12.8 Å². The van der Waals surface area contributed by atoms with Crippen molar-refractivity contribution < 1.29 is 12.8 Å². The smallest absolute Gasteiger partial charge is 0.246 e. The summed E-state index contributed by atoms with van der Waals surface area (Å²) >= 11 is 0. The molecule has 0 radical (unpaired) electrons. The lowest BCUT2D eigenvalue weighted by Gasteiger charge is -2.25. The van der Waals surface area contributed by atoms with Gasteiger partial charge in [0.25, 0.3) is 0 Å². The van der Waals surface area contributed by atoms with E-state index in [1.807, 2.05) is 0 Å². The van der Waals surface area contributed by atoms with Crippen LogP contribution in [0.5, 0.6) is 0 Å². The van der Waals surface area contributed by atoms with Crippen LogP contribution in [0.2, 0.25) is 0 Å². The van der Waals surface area contributed by atoms with Crippen LogP contribution >= 0.6 is 0 Å². The maximum Gasteiger partial charge on any atom is 0.246 e. The minimum absolute atomic E-state index is 0.0592. The second-order valence-electron chi connectivity index (χ2n) is 4.42. The molecule has 1 aromatic carbocycles. The van der Waals surface area contributed by atoms with Crippen molar-refractivity contribution in [3.05, 3.63) is 30.1 Å². The highest BCUT2D eigenvalue weighted by molar-refractivity contribution is 7.89. The van der Waals surface area contributed by atoms with E-state index in [4.69, 9.17) is 11.1 Å². The molecule has 1 aromatic rings. The first-order chi connectivity index (χ1) is 8.76. The molecule has 0 unspecified atom stereocenters. The van der Waals surface area contributed by atoms with E-state index in [-0.39, 0.29) is 29.7 Å². The van der Waals surface area contributed by atoms with Crippen molar-refractivity contribution >= 4 is 15.9 Å². The number of nitrogens with one attached hydrogen (secondary N) is 1. The van der Waals surface area contributed by atoms with E-state index < -0.39 is 15.8 Å². The summed E-state index contributed by atoms with van der Waals surface area (Å²) in [5, 5.41) is 7.16. The standard InChI is InChI=1S/C12H18FN3O2S/c1-9(2)16(8-7-12(14)15)19(17,18)11-6-4-3-5-10(11)13/h3-6,9H,7-8H2,1-2H3,(H3,14,15). The highest BCUT2D eigenvalue weighted by Crippen LogP contribution is 2.21. The Hall–Kier alpha value is -1.47. The summed E-state index contributed by atoms with van der Waals surface area (Å²) in [5.74, 6) is -0.884. The molecular formula is C12H18FN3O2S. The van der Waals surface area contributed by atoms with Gasteiger partial charge in [0.1, 0.15) is 10.7 Å². The van der Waals surface area contributed by atoms with Crippen LogP contribution in [-0.2, 0) is 10.0 Å². The molecule has 0 amide bonds. The predicted molar refractivity (Wildman–Crippen MR) is 72.0 cm³/mol. The molecule has 0 atom stereocenters. The number of nitrogens with two attached hydrogens (primary N) is 1. The molecule has 3 N–H and O–H groups in total. The number of amidine groups is 1.